The van der Waals surface area contributed by atoms with Crippen molar-refractivity contribution in [2.75, 3.05) is 0 Å². The van der Waals surface area contributed by atoms with E-state index in [9.17, 15) is 18.0 Å². The molecule has 0 saturated heterocycles. The summed E-state index contributed by atoms with van der Waals surface area (Å²) in [7, 11) is 0. The monoisotopic (exact) mass is 397 g/mol. The average molecular weight is 398 g/mol. The van der Waals surface area contributed by atoms with Gasteiger partial charge in [0.15, 0.2) is 5.78 Å². The first kappa shape index (κ1) is 28.0. The van der Waals surface area contributed by atoms with Crippen molar-refractivity contribution in [2.45, 2.75) is 72.9 Å². The van der Waals surface area contributed by atoms with Gasteiger partial charge >= 0.3 is 6.18 Å². The summed E-state index contributed by atoms with van der Waals surface area (Å²) < 4.78 is 36.4. The van der Waals surface area contributed by atoms with E-state index in [2.05, 4.69) is 44.5 Å². The number of unbranched alkanes of at least 4 members (excludes halogenated alkanes) is 4. The van der Waals surface area contributed by atoms with Crippen LogP contribution in [-0.2, 0) is 4.79 Å². The molecule has 0 saturated carbocycles. The predicted octanol–water partition coefficient (Wildman–Crippen LogP) is 7.64. The highest BCUT2D eigenvalue weighted by Crippen LogP contribution is 2.29. The summed E-state index contributed by atoms with van der Waals surface area (Å²) >= 11 is 0. The van der Waals surface area contributed by atoms with Crippen molar-refractivity contribution < 1.29 is 18.0 Å². The molecular weight excluding hydrogens is 363 g/mol. The van der Waals surface area contributed by atoms with Crippen LogP contribution in [-0.4, -0.2) is 18.2 Å². The van der Waals surface area contributed by atoms with Gasteiger partial charge in [-0.15, -0.1) is 0 Å². The molecule has 0 heterocycles. The van der Waals surface area contributed by atoms with Gasteiger partial charge < -0.3 is 0 Å². The zero-order valence-corrected chi connectivity index (χ0v) is 17.8. The molecule has 0 unspecified atom stereocenters. The fourth-order valence-electron chi connectivity index (χ4n) is 1.89. The molecule has 1 aromatic rings. The van der Waals surface area contributed by atoms with E-state index in [4.69, 9.17) is 0 Å². The molecule has 0 amide bonds. The van der Waals surface area contributed by atoms with Crippen molar-refractivity contribution in [1.29, 1.82) is 0 Å². The van der Waals surface area contributed by atoms with E-state index in [0.717, 1.165) is 13.1 Å². The van der Waals surface area contributed by atoms with E-state index in [0.29, 0.717) is 0 Å². The molecular formula is C23H34F3NO. The van der Waals surface area contributed by atoms with Crippen LogP contribution >= 0.6 is 0 Å². The Bertz CT molecular complexity index is 598. The SMILES string of the molecule is C=C(/C(=C\N=CC)C(C)=O)C(F)(F)F.CCCCCCC.Cc1ccccc1. The molecule has 5 heteroatoms. The second kappa shape index (κ2) is 17.0. The Morgan fingerprint density at radius 1 is 1.07 bits per heavy atom. The van der Waals surface area contributed by atoms with Crippen LogP contribution in [0.15, 0.2) is 59.2 Å². The summed E-state index contributed by atoms with van der Waals surface area (Å²) in [5, 5.41) is 0. The number of Topliss-reactive ketones (excluding diaryl/α,β-unsaturated/α-hetero) is 1. The minimum absolute atomic E-state index is 0.518. The fraction of sp³-hybridized carbons (Fsp3) is 0.478. The molecule has 0 N–H and O–H groups in total. The molecule has 0 spiro atoms. The number of rotatable bonds is 7. The first-order valence-corrected chi connectivity index (χ1v) is 9.58. The van der Waals surface area contributed by atoms with Gasteiger partial charge in [-0.2, -0.15) is 13.2 Å². The Morgan fingerprint density at radius 3 is 1.86 bits per heavy atom. The number of allylic oxidation sites excluding steroid dienone is 2. The molecule has 2 nitrogen and oxygen atoms in total. The molecule has 0 radical (unpaired) electrons. The van der Waals surface area contributed by atoms with E-state index >= 15 is 0 Å². The highest BCUT2D eigenvalue weighted by molar-refractivity contribution is 5.97. The molecule has 0 bridgehead atoms. The van der Waals surface area contributed by atoms with Crippen LogP contribution in [0.4, 0.5) is 13.2 Å². The molecule has 0 aromatic heterocycles. The molecule has 0 aliphatic heterocycles. The molecule has 0 fully saturated rings. The number of carbonyl (C=O) groups excluding carboxylic acids is 1. The third-order valence-corrected chi connectivity index (χ3v) is 3.55. The second-order valence-electron chi connectivity index (χ2n) is 6.20. The van der Waals surface area contributed by atoms with Crippen molar-refractivity contribution in [2.24, 2.45) is 4.99 Å². The zero-order chi connectivity index (χ0) is 22.0. The normalized spacial score (nSPS) is 11.2. The molecule has 0 aliphatic carbocycles. The minimum atomic E-state index is -4.60. The Hall–Kier alpha value is -2.17. The van der Waals surface area contributed by atoms with Crippen molar-refractivity contribution in [3.8, 4) is 0 Å². The highest BCUT2D eigenvalue weighted by Gasteiger charge is 2.35. The third-order valence-electron chi connectivity index (χ3n) is 3.55. The van der Waals surface area contributed by atoms with Gasteiger partial charge in [0, 0.05) is 18.0 Å². The topological polar surface area (TPSA) is 29.4 Å². The van der Waals surface area contributed by atoms with Gasteiger partial charge in [-0.05, 0) is 20.8 Å². The van der Waals surface area contributed by atoms with Gasteiger partial charge in [0.05, 0.1) is 5.57 Å². The highest BCUT2D eigenvalue weighted by atomic mass is 19.4. The van der Waals surface area contributed by atoms with Crippen LogP contribution < -0.4 is 0 Å². The van der Waals surface area contributed by atoms with E-state index < -0.39 is 23.1 Å². The van der Waals surface area contributed by atoms with E-state index in [1.165, 1.54) is 50.8 Å². The maximum absolute atomic E-state index is 12.1. The third kappa shape index (κ3) is 16.0. The Labute approximate surface area is 168 Å². The number of alkyl halides is 3. The van der Waals surface area contributed by atoms with Crippen molar-refractivity contribution in [3.05, 3.63) is 59.8 Å². The Kier molecular flexibility index (Phi) is 17.0. The maximum Gasteiger partial charge on any atom is 0.416 e. The zero-order valence-electron chi connectivity index (χ0n) is 17.8. The lowest BCUT2D eigenvalue weighted by Gasteiger charge is -2.10. The molecule has 0 aliphatic rings. The summed E-state index contributed by atoms with van der Waals surface area (Å²) in [6.07, 6.45) is 4.56. The summed E-state index contributed by atoms with van der Waals surface area (Å²) in [6, 6.07) is 10.3. The van der Waals surface area contributed by atoms with Gasteiger partial charge in [0.1, 0.15) is 0 Å². The summed E-state index contributed by atoms with van der Waals surface area (Å²) in [5.41, 5.74) is -0.367. The number of halogens is 3. The van der Waals surface area contributed by atoms with Gasteiger partial charge in [-0.25, -0.2) is 0 Å². The number of aryl methyl sites for hydroxylation is 1. The number of hydrogen-bond acceptors (Lipinski definition) is 2. The number of hydrogen-bond donors (Lipinski definition) is 0. The number of nitrogens with zero attached hydrogens (tertiary/aromatic N) is 1. The number of carbonyl (C=O) groups is 1. The lowest BCUT2D eigenvalue weighted by Crippen LogP contribution is -2.16. The number of benzene rings is 1. The molecule has 28 heavy (non-hydrogen) atoms. The number of aliphatic imine (C=N–C) groups is 1. The van der Waals surface area contributed by atoms with Crippen LogP contribution in [0.25, 0.3) is 0 Å². The van der Waals surface area contributed by atoms with Crippen LogP contribution in [0.2, 0.25) is 0 Å². The van der Waals surface area contributed by atoms with Gasteiger partial charge in [0.25, 0.3) is 0 Å². The quantitative estimate of drug-likeness (QED) is 0.201. The van der Waals surface area contributed by atoms with Gasteiger partial charge in [-0.3, -0.25) is 9.79 Å². The van der Waals surface area contributed by atoms with Gasteiger partial charge in [-0.1, -0.05) is 88.4 Å². The van der Waals surface area contributed by atoms with E-state index in [-0.39, 0.29) is 0 Å². The standard InChI is InChI=1S/C9H10F3NO.C7H8.C7H16/c1-4-13-5-8(7(3)14)6(2)9(10,11)12;1-7-5-3-2-4-6-7;1-3-5-7-6-4-2/h4-5H,2H2,1,3H3;2-6H,1H3;3-7H2,1-2H3/b8-5+,13-4?;;. The Morgan fingerprint density at radius 2 is 1.57 bits per heavy atom. The number of ketones is 1. The summed E-state index contributed by atoms with van der Waals surface area (Å²) in [6.45, 7) is 12.0. The largest absolute Gasteiger partial charge is 0.416 e. The summed E-state index contributed by atoms with van der Waals surface area (Å²) in [5.74, 6) is -0.710. The van der Waals surface area contributed by atoms with Crippen molar-refractivity contribution in [1.82, 2.24) is 0 Å². The van der Waals surface area contributed by atoms with Crippen molar-refractivity contribution >= 4 is 12.0 Å². The first-order valence-electron chi connectivity index (χ1n) is 9.58. The molecule has 0 atom stereocenters. The van der Waals surface area contributed by atoms with Crippen LogP contribution in [0.3, 0.4) is 0 Å². The lowest BCUT2D eigenvalue weighted by molar-refractivity contribution is -0.116. The molecule has 1 rings (SSSR count). The summed E-state index contributed by atoms with van der Waals surface area (Å²) in [4.78, 5) is 14.3. The van der Waals surface area contributed by atoms with Crippen LogP contribution in [0, 0.1) is 6.92 Å². The first-order chi connectivity index (χ1) is 13.1. The van der Waals surface area contributed by atoms with Crippen LogP contribution in [0.5, 0.6) is 0 Å². The van der Waals surface area contributed by atoms with Crippen molar-refractivity contribution in [3.63, 3.8) is 0 Å². The molecule has 1 aromatic carbocycles. The van der Waals surface area contributed by atoms with Gasteiger partial charge in [0.2, 0.25) is 0 Å². The smallest absolute Gasteiger partial charge is 0.294 e. The predicted molar refractivity (Wildman–Crippen MR) is 114 cm³/mol. The lowest BCUT2D eigenvalue weighted by atomic mass is 10.1. The van der Waals surface area contributed by atoms with E-state index in [1.54, 1.807) is 0 Å². The second-order valence-corrected chi connectivity index (χ2v) is 6.20. The maximum atomic E-state index is 12.1. The average Bonchev–Trinajstić information content (AvgIpc) is 2.63. The van der Waals surface area contributed by atoms with Crippen LogP contribution in [0.1, 0.15) is 65.4 Å². The van der Waals surface area contributed by atoms with E-state index in [1.807, 2.05) is 18.2 Å². The molecule has 158 valence electrons. The minimum Gasteiger partial charge on any atom is -0.294 e. The fourth-order valence-corrected chi connectivity index (χ4v) is 1.89. The Balaban J connectivity index is 0.